The molecule has 2 aliphatic heterocycles. The Hall–Kier alpha value is -2.53. The van der Waals surface area contributed by atoms with Gasteiger partial charge in [-0.2, -0.15) is 13.2 Å². The number of halogens is 5. The smallest absolute Gasteiger partial charge is 0.422 e. The number of hydrogen-bond acceptors (Lipinski definition) is 5. The second-order valence-electron chi connectivity index (χ2n) is 12.4. The van der Waals surface area contributed by atoms with Crippen LogP contribution in [-0.4, -0.2) is 98.2 Å². The van der Waals surface area contributed by atoms with Crippen LogP contribution in [0.2, 0.25) is 10.0 Å². The molecule has 248 valence electrons. The molecule has 0 aliphatic carbocycles. The van der Waals surface area contributed by atoms with Crippen molar-refractivity contribution < 1.29 is 27.5 Å². The standard InChI is InChI=1S/C33H43Cl2F3N4O3/c1-40(2)31(44)32(14-16-39-17-15-32)42-18-5-4-8-26(42)12-10-25(23-11-13-28(34)29(35)20-23)21-41(3)30(43)24-7-6-9-27(19-24)45-22-33(36,37)38/h6-7,9,11,13,19-20,25-26,39H,4-5,8,10,12,14-18,21-22H2,1-3H3. The van der Waals surface area contributed by atoms with Crippen molar-refractivity contribution in [2.24, 2.45) is 0 Å². The summed E-state index contributed by atoms with van der Waals surface area (Å²) in [5, 5.41) is 4.28. The summed E-state index contributed by atoms with van der Waals surface area (Å²) >= 11 is 12.7. The number of piperidine rings is 2. The van der Waals surface area contributed by atoms with E-state index in [-0.39, 0.29) is 35.1 Å². The number of nitrogens with zero attached hydrogens (tertiary/aromatic N) is 3. The van der Waals surface area contributed by atoms with E-state index in [0.29, 0.717) is 16.6 Å². The molecule has 2 heterocycles. The maximum absolute atomic E-state index is 13.7. The van der Waals surface area contributed by atoms with Gasteiger partial charge in [0.2, 0.25) is 5.91 Å². The number of rotatable bonds is 11. The average molecular weight is 672 g/mol. The van der Waals surface area contributed by atoms with E-state index in [9.17, 15) is 22.8 Å². The third kappa shape index (κ3) is 9.05. The number of alkyl halides is 3. The van der Waals surface area contributed by atoms with Crippen molar-refractivity contribution in [1.82, 2.24) is 20.0 Å². The Bertz CT molecular complexity index is 1320. The Morgan fingerprint density at radius 2 is 1.80 bits per heavy atom. The van der Waals surface area contributed by atoms with Crippen LogP contribution in [0.25, 0.3) is 0 Å². The molecule has 0 radical (unpaired) electrons. The molecule has 0 saturated carbocycles. The van der Waals surface area contributed by atoms with Gasteiger partial charge in [-0.1, -0.05) is 41.8 Å². The fraction of sp³-hybridized carbons (Fsp3) is 0.576. The number of amides is 2. The molecule has 7 nitrogen and oxygen atoms in total. The zero-order valence-corrected chi connectivity index (χ0v) is 27.6. The van der Waals surface area contributed by atoms with E-state index in [4.69, 9.17) is 27.9 Å². The fourth-order valence-electron chi connectivity index (χ4n) is 6.79. The number of benzene rings is 2. The average Bonchev–Trinajstić information content (AvgIpc) is 3.02. The summed E-state index contributed by atoms with van der Waals surface area (Å²) in [4.78, 5) is 32.9. The SMILES string of the molecule is CN(C)C(=O)C1(N2CCCCC2CCC(CN(C)C(=O)c2cccc(OCC(F)(F)F)c2)c2ccc(Cl)c(Cl)c2)CCNCC1. The molecule has 2 fully saturated rings. The van der Waals surface area contributed by atoms with Gasteiger partial charge in [0, 0.05) is 45.2 Å². The van der Waals surface area contributed by atoms with Gasteiger partial charge in [-0.15, -0.1) is 0 Å². The predicted molar refractivity (Wildman–Crippen MR) is 171 cm³/mol. The lowest BCUT2D eigenvalue weighted by Crippen LogP contribution is -2.66. The summed E-state index contributed by atoms with van der Waals surface area (Å²) in [7, 11) is 5.34. The zero-order valence-electron chi connectivity index (χ0n) is 26.1. The van der Waals surface area contributed by atoms with E-state index in [1.165, 1.54) is 18.2 Å². The van der Waals surface area contributed by atoms with Gasteiger partial charge in [0.1, 0.15) is 11.3 Å². The Labute approximate surface area is 274 Å². The minimum absolute atomic E-state index is 0.0240. The monoisotopic (exact) mass is 670 g/mol. The van der Waals surface area contributed by atoms with Crippen LogP contribution in [-0.2, 0) is 4.79 Å². The lowest BCUT2D eigenvalue weighted by Gasteiger charge is -2.51. The summed E-state index contributed by atoms with van der Waals surface area (Å²) in [5.74, 6) is -0.300. The van der Waals surface area contributed by atoms with Gasteiger partial charge >= 0.3 is 6.18 Å². The number of carbonyl (C=O) groups excluding carboxylic acids is 2. The highest BCUT2D eigenvalue weighted by atomic mass is 35.5. The van der Waals surface area contributed by atoms with Gasteiger partial charge in [-0.3, -0.25) is 14.5 Å². The Morgan fingerprint density at radius 1 is 1.07 bits per heavy atom. The predicted octanol–water partition coefficient (Wildman–Crippen LogP) is 6.64. The van der Waals surface area contributed by atoms with E-state index in [0.717, 1.165) is 70.1 Å². The molecule has 2 aromatic carbocycles. The Balaban J connectivity index is 1.54. The molecule has 2 atom stereocenters. The van der Waals surface area contributed by atoms with E-state index in [1.807, 2.05) is 26.2 Å². The normalized spacial score (nSPS) is 19.5. The molecule has 0 bridgehead atoms. The summed E-state index contributed by atoms with van der Waals surface area (Å²) < 4.78 is 42.9. The highest BCUT2D eigenvalue weighted by Crippen LogP contribution is 2.38. The molecule has 2 saturated heterocycles. The van der Waals surface area contributed by atoms with Crippen molar-refractivity contribution in [1.29, 1.82) is 0 Å². The number of likely N-dealkylation sites (tertiary alicyclic amines) is 1. The minimum Gasteiger partial charge on any atom is -0.484 e. The Morgan fingerprint density at radius 3 is 2.47 bits per heavy atom. The minimum atomic E-state index is -4.48. The molecule has 45 heavy (non-hydrogen) atoms. The quantitative estimate of drug-likeness (QED) is 0.291. The van der Waals surface area contributed by atoms with Crippen molar-refractivity contribution in [2.75, 3.05) is 53.9 Å². The molecule has 2 aromatic rings. The van der Waals surface area contributed by atoms with Gasteiger partial charge < -0.3 is 19.9 Å². The summed E-state index contributed by atoms with van der Waals surface area (Å²) in [6, 6.07) is 11.5. The van der Waals surface area contributed by atoms with Crippen LogP contribution in [0.1, 0.15) is 66.8 Å². The second kappa shape index (κ2) is 15.4. The summed E-state index contributed by atoms with van der Waals surface area (Å²) in [5.41, 5.74) is 0.637. The molecular weight excluding hydrogens is 628 g/mol. The van der Waals surface area contributed by atoms with Crippen LogP contribution in [0, 0.1) is 0 Å². The van der Waals surface area contributed by atoms with Crippen molar-refractivity contribution in [3.63, 3.8) is 0 Å². The van der Waals surface area contributed by atoms with Crippen LogP contribution >= 0.6 is 23.2 Å². The van der Waals surface area contributed by atoms with Crippen molar-refractivity contribution >= 4 is 35.0 Å². The van der Waals surface area contributed by atoms with Crippen LogP contribution < -0.4 is 10.1 Å². The molecule has 0 aromatic heterocycles. The first-order valence-electron chi connectivity index (χ1n) is 15.5. The molecule has 2 unspecified atom stereocenters. The first-order valence-corrected chi connectivity index (χ1v) is 16.3. The topological polar surface area (TPSA) is 65.1 Å². The fourth-order valence-corrected chi connectivity index (χ4v) is 7.09. The lowest BCUT2D eigenvalue weighted by atomic mass is 9.80. The summed E-state index contributed by atoms with van der Waals surface area (Å²) in [6.07, 6.45) is 1.73. The van der Waals surface area contributed by atoms with E-state index >= 15 is 0 Å². The van der Waals surface area contributed by atoms with Gasteiger partial charge in [-0.05, 0) is 94.1 Å². The first-order chi connectivity index (χ1) is 21.3. The van der Waals surface area contributed by atoms with Crippen LogP contribution in [0.5, 0.6) is 5.75 Å². The summed E-state index contributed by atoms with van der Waals surface area (Å²) in [6.45, 7) is 1.37. The van der Waals surface area contributed by atoms with Gasteiger partial charge in [0.15, 0.2) is 6.61 Å². The van der Waals surface area contributed by atoms with Gasteiger partial charge in [-0.25, -0.2) is 0 Å². The number of hydrogen-bond donors (Lipinski definition) is 1. The molecule has 2 aliphatic rings. The van der Waals surface area contributed by atoms with Crippen LogP contribution in [0.4, 0.5) is 13.2 Å². The van der Waals surface area contributed by atoms with E-state index in [1.54, 1.807) is 29.0 Å². The maximum Gasteiger partial charge on any atom is 0.422 e. The highest BCUT2D eigenvalue weighted by molar-refractivity contribution is 6.42. The molecular formula is C33H43Cl2F3N4O3. The number of nitrogens with one attached hydrogen (secondary N) is 1. The van der Waals surface area contributed by atoms with Crippen molar-refractivity contribution in [3.05, 3.63) is 63.6 Å². The first kappa shape index (κ1) is 35.3. The number of carbonyl (C=O) groups is 2. The highest BCUT2D eigenvalue weighted by Gasteiger charge is 2.48. The zero-order chi connectivity index (χ0) is 32.8. The van der Waals surface area contributed by atoms with Gasteiger partial charge in [0.25, 0.3) is 5.91 Å². The second-order valence-corrected chi connectivity index (χ2v) is 13.2. The third-order valence-electron chi connectivity index (χ3n) is 9.00. The van der Waals surface area contributed by atoms with Gasteiger partial charge in [0.05, 0.1) is 10.0 Å². The van der Waals surface area contributed by atoms with Crippen LogP contribution in [0.3, 0.4) is 0 Å². The molecule has 12 heteroatoms. The number of likely N-dealkylation sites (N-methyl/N-ethyl adjacent to an activating group) is 2. The maximum atomic E-state index is 13.7. The molecule has 1 N–H and O–H groups in total. The lowest BCUT2D eigenvalue weighted by molar-refractivity contribution is -0.153. The van der Waals surface area contributed by atoms with Crippen molar-refractivity contribution in [2.45, 2.75) is 68.6 Å². The Kier molecular flexibility index (Phi) is 12.1. The van der Waals surface area contributed by atoms with E-state index < -0.39 is 18.3 Å². The molecule has 2 amide bonds. The van der Waals surface area contributed by atoms with Crippen molar-refractivity contribution in [3.8, 4) is 5.75 Å². The largest absolute Gasteiger partial charge is 0.484 e. The van der Waals surface area contributed by atoms with Crippen LogP contribution in [0.15, 0.2) is 42.5 Å². The third-order valence-corrected chi connectivity index (χ3v) is 9.74. The molecule has 4 rings (SSSR count). The molecule has 0 spiro atoms. The van der Waals surface area contributed by atoms with E-state index in [2.05, 4.69) is 10.2 Å². The number of ether oxygens (including phenoxy) is 1.